The summed E-state index contributed by atoms with van der Waals surface area (Å²) in [5.74, 6) is 0.207. The Balaban J connectivity index is 2.51. The number of aromatic nitrogens is 2. The highest BCUT2D eigenvalue weighted by atomic mass is 16.2. The largest absolute Gasteiger partial charge is 0.341 e. The lowest BCUT2D eigenvalue weighted by Gasteiger charge is -2.18. The number of nitrogens with zero attached hydrogens (tertiary/aromatic N) is 2. The molecule has 1 heterocycles. The molecule has 0 fully saturated rings. The molecule has 0 atom stereocenters. The fraction of sp³-hybridized carbons (Fsp3) is 0.556. The molecular formula is C9H15N3O. The van der Waals surface area contributed by atoms with Crippen molar-refractivity contribution in [2.24, 2.45) is 5.92 Å². The van der Waals surface area contributed by atoms with Crippen molar-refractivity contribution in [2.75, 3.05) is 7.05 Å². The van der Waals surface area contributed by atoms with Gasteiger partial charge in [0.15, 0.2) is 0 Å². The summed E-state index contributed by atoms with van der Waals surface area (Å²) in [7, 11) is 1.80. The van der Waals surface area contributed by atoms with Gasteiger partial charge >= 0.3 is 0 Å². The molecule has 1 rings (SSSR count). The highest BCUT2D eigenvalue weighted by Gasteiger charge is 2.12. The van der Waals surface area contributed by atoms with Gasteiger partial charge in [0.05, 0.1) is 6.20 Å². The number of carbonyl (C=O) groups excluding carboxylic acids is 1. The normalized spacial score (nSPS) is 10.5. The first-order valence-corrected chi connectivity index (χ1v) is 4.34. The molecule has 1 aromatic rings. The molecule has 0 unspecified atom stereocenters. The maximum Gasteiger partial charge on any atom is 0.225 e. The molecule has 13 heavy (non-hydrogen) atoms. The van der Waals surface area contributed by atoms with E-state index in [0.29, 0.717) is 6.54 Å². The van der Waals surface area contributed by atoms with E-state index in [2.05, 4.69) is 10.2 Å². The van der Waals surface area contributed by atoms with Crippen LogP contribution in [-0.4, -0.2) is 28.1 Å². The van der Waals surface area contributed by atoms with Crippen LogP contribution in [0.3, 0.4) is 0 Å². The third-order valence-electron chi connectivity index (χ3n) is 1.84. The maximum atomic E-state index is 11.5. The lowest BCUT2D eigenvalue weighted by atomic mass is 10.2. The van der Waals surface area contributed by atoms with Crippen molar-refractivity contribution in [3.63, 3.8) is 0 Å². The van der Waals surface area contributed by atoms with E-state index < -0.39 is 0 Å². The number of H-pyrrole nitrogens is 1. The summed E-state index contributed by atoms with van der Waals surface area (Å²) in [6.07, 6.45) is 3.52. The third-order valence-corrected chi connectivity index (χ3v) is 1.84. The molecule has 0 saturated carbocycles. The Labute approximate surface area is 77.9 Å². The lowest BCUT2D eigenvalue weighted by Crippen LogP contribution is -2.29. The molecule has 0 spiro atoms. The van der Waals surface area contributed by atoms with Crippen molar-refractivity contribution >= 4 is 5.91 Å². The molecule has 1 aromatic heterocycles. The van der Waals surface area contributed by atoms with Gasteiger partial charge in [-0.05, 0) is 0 Å². The zero-order chi connectivity index (χ0) is 9.84. The molecule has 0 aliphatic rings. The second-order valence-corrected chi connectivity index (χ2v) is 3.46. The molecule has 0 radical (unpaired) electrons. The van der Waals surface area contributed by atoms with Crippen LogP contribution in [0.1, 0.15) is 19.4 Å². The molecule has 1 amide bonds. The summed E-state index contributed by atoms with van der Waals surface area (Å²) in [6.45, 7) is 4.41. The Morgan fingerprint density at radius 3 is 2.85 bits per heavy atom. The summed E-state index contributed by atoms with van der Waals surface area (Å²) < 4.78 is 0. The van der Waals surface area contributed by atoms with Gasteiger partial charge in [-0.1, -0.05) is 13.8 Å². The SMILES string of the molecule is CC(C)C(=O)N(C)Cc1cn[nH]c1. The molecule has 0 aromatic carbocycles. The van der Waals surface area contributed by atoms with Crippen LogP contribution in [0.4, 0.5) is 0 Å². The van der Waals surface area contributed by atoms with Crippen LogP contribution >= 0.6 is 0 Å². The van der Waals surface area contributed by atoms with Crippen LogP contribution in [0.25, 0.3) is 0 Å². The van der Waals surface area contributed by atoms with Crippen molar-refractivity contribution in [3.05, 3.63) is 18.0 Å². The van der Waals surface area contributed by atoms with Crippen LogP contribution in [0.2, 0.25) is 0 Å². The Kier molecular flexibility index (Phi) is 3.06. The van der Waals surface area contributed by atoms with Gasteiger partial charge in [0.1, 0.15) is 0 Å². The van der Waals surface area contributed by atoms with Crippen LogP contribution in [-0.2, 0) is 11.3 Å². The van der Waals surface area contributed by atoms with Gasteiger partial charge in [-0.25, -0.2) is 0 Å². The van der Waals surface area contributed by atoms with Gasteiger partial charge in [0, 0.05) is 31.3 Å². The van der Waals surface area contributed by atoms with E-state index in [4.69, 9.17) is 0 Å². The Morgan fingerprint density at radius 2 is 2.38 bits per heavy atom. The smallest absolute Gasteiger partial charge is 0.225 e. The summed E-state index contributed by atoms with van der Waals surface area (Å²) in [5.41, 5.74) is 1.02. The number of nitrogens with one attached hydrogen (secondary N) is 1. The van der Waals surface area contributed by atoms with E-state index in [1.807, 2.05) is 13.8 Å². The van der Waals surface area contributed by atoms with Gasteiger partial charge < -0.3 is 4.90 Å². The predicted molar refractivity (Wildman–Crippen MR) is 49.9 cm³/mol. The quantitative estimate of drug-likeness (QED) is 0.757. The van der Waals surface area contributed by atoms with Crippen LogP contribution in [0, 0.1) is 5.92 Å². The second-order valence-electron chi connectivity index (χ2n) is 3.46. The van der Waals surface area contributed by atoms with Crippen molar-refractivity contribution in [1.82, 2.24) is 15.1 Å². The Morgan fingerprint density at radius 1 is 1.69 bits per heavy atom. The third kappa shape index (κ3) is 2.57. The van der Waals surface area contributed by atoms with E-state index in [1.165, 1.54) is 0 Å². The zero-order valence-electron chi connectivity index (χ0n) is 8.24. The van der Waals surface area contributed by atoms with E-state index in [9.17, 15) is 4.79 Å². The molecule has 0 aliphatic heterocycles. The number of hydrogen-bond donors (Lipinski definition) is 1. The van der Waals surface area contributed by atoms with Crippen LogP contribution < -0.4 is 0 Å². The molecular weight excluding hydrogens is 166 g/mol. The highest BCUT2D eigenvalue weighted by Crippen LogP contribution is 2.04. The average molecular weight is 181 g/mol. The number of amides is 1. The maximum absolute atomic E-state index is 11.5. The fourth-order valence-electron chi connectivity index (χ4n) is 1.16. The van der Waals surface area contributed by atoms with E-state index >= 15 is 0 Å². The van der Waals surface area contributed by atoms with E-state index in [-0.39, 0.29) is 11.8 Å². The topological polar surface area (TPSA) is 49.0 Å². The standard InChI is InChI=1S/C9H15N3O/c1-7(2)9(13)12(3)6-8-4-10-11-5-8/h4-5,7H,6H2,1-3H3,(H,10,11). The van der Waals surface area contributed by atoms with E-state index in [0.717, 1.165) is 5.56 Å². The van der Waals surface area contributed by atoms with Crippen molar-refractivity contribution < 1.29 is 4.79 Å². The second kappa shape index (κ2) is 4.07. The first-order chi connectivity index (χ1) is 6.11. The minimum absolute atomic E-state index is 0.0527. The first kappa shape index (κ1) is 9.77. The van der Waals surface area contributed by atoms with Crippen molar-refractivity contribution in [3.8, 4) is 0 Å². The van der Waals surface area contributed by atoms with Gasteiger partial charge in [-0.2, -0.15) is 5.10 Å². The highest BCUT2D eigenvalue weighted by molar-refractivity contribution is 5.77. The zero-order valence-corrected chi connectivity index (χ0v) is 8.24. The molecule has 1 N–H and O–H groups in total. The summed E-state index contributed by atoms with van der Waals surface area (Å²) in [4.78, 5) is 13.2. The predicted octanol–water partition coefficient (Wildman–Crippen LogP) is 1.02. The van der Waals surface area contributed by atoms with Gasteiger partial charge in [-0.15, -0.1) is 0 Å². The fourth-order valence-corrected chi connectivity index (χ4v) is 1.16. The van der Waals surface area contributed by atoms with Gasteiger partial charge in [0.2, 0.25) is 5.91 Å². The lowest BCUT2D eigenvalue weighted by molar-refractivity contribution is -0.133. The van der Waals surface area contributed by atoms with Crippen molar-refractivity contribution in [2.45, 2.75) is 20.4 Å². The summed E-state index contributed by atoms with van der Waals surface area (Å²) in [5, 5.41) is 6.53. The molecule has 4 nitrogen and oxygen atoms in total. The van der Waals surface area contributed by atoms with Gasteiger partial charge in [-0.3, -0.25) is 9.89 Å². The molecule has 72 valence electrons. The number of hydrogen-bond acceptors (Lipinski definition) is 2. The summed E-state index contributed by atoms with van der Waals surface area (Å²) >= 11 is 0. The number of aromatic amines is 1. The number of carbonyl (C=O) groups is 1. The Bertz CT molecular complexity index is 266. The monoisotopic (exact) mass is 181 g/mol. The minimum Gasteiger partial charge on any atom is -0.341 e. The average Bonchev–Trinajstić information content (AvgIpc) is 2.55. The molecule has 0 bridgehead atoms. The first-order valence-electron chi connectivity index (χ1n) is 4.34. The Hall–Kier alpha value is -1.32. The minimum atomic E-state index is 0.0527. The van der Waals surface area contributed by atoms with Crippen LogP contribution in [0.15, 0.2) is 12.4 Å². The number of rotatable bonds is 3. The van der Waals surface area contributed by atoms with E-state index in [1.54, 1.807) is 24.3 Å². The summed E-state index contributed by atoms with van der Waals surface area (Å²) in [6, 6.07) is 0. The van der Waals surface area contributed by atoms with Crippen LogP contribution in [0.5, 0.6) is 0 Å². The van der Waals surface area contributed by atoms with Gasteiger partial charge in [0.25, 0.3) is 0 Å². The molecule has 4 heteroatoms. The van der Waals surface area contributed by atoms with Crippen molar-refractivity contribution in [1.29, 1.82) is 0 Å². The molecule has 0 saturated heterocycles. The molecule has 0 aliphatic carbocycles.